The number of hydrogen-bond acceptors (Lipinski definition) is 3. The average molecular weight is 179 g/mol. The van der Waals surface area contributed by atoms with Crippen molar-refractivity contribution in [3.8, 4) is 11.8 Å². The van der Waals surface area contributed by atoms with Crippen molar-refractivity contribution in [2.45, 2.75) is 26.0 Å². The average Bonchev–Trinajstić information content (AvgIpc) is 2.08. The molecular formula is C10H13NO2. The molecule has 0 saturated heterocycles. The normalized spacial score (nSPS) is 20.5. The maximum atomic E-state index is 9.05. The van der Waals surface area contributed by atoms with Gasteiger partial charge in [-0.1, -0.05) is 12.0 Å². The van der Waals surface area contributed by atoms with E-state index in [1.165, 1.54) is 0 Å². The first kappa shape index (κ1) is 9.97. The molecule has 1 unspecified atom stereocenters. The molecule has 0 bridgehead atoms. The lowest BCUT2D eigenvalue weighted by Crippen LogP contribution is -2.09. The van der Waals surface area contributed by atoms with Crippen molar-refractivity contribution in [2.24, 2.45) is 4.99 Å². The molecule has 1 rings (SSSR count). The van der Waals surface area contributed by atoms with Crippen LogP contribution in [-0.2, 0) is 0 Å². The van der Waals surface area contributed by atoms with E-state index in [1.807, 2.05) is 6.08 Å². The topological polar surface area (TPSA) is 52.8 Å². The van der Waals surface area contributed by atoms with E-state index in [4.69, 9.17) is 10.2 Å². The van der Waals surface area contributed by atoms with Crippen LogP contribution < -0.4 is 0 Å². The van der Waals surface area contributed by atoms with Crippen LogP contribution in [0.2, 0.25) is 0 Å². The number of nitrogens with zero attached hydrogens (tertiary/aromatic N) is 1. The zero-order valence-corrected chi connectivity index (χ0v) is 7.62. The molecule has 0 heterocycles. The van der Waals surface area contributed by atoms with Crippen LogP contribution in [0.1, 0.15) is 19.8 Å². The molecular weight excluding hydrogens is 166 g/mol. The van der Waals surface area contributed by atoms with E-state index < -0.39 is 6.23 Å². The molecule has 1 atom stereocenters. The SMILES string of the molecule is CC(O)N=C1C#CCC=C1CCO. The molecule has 0 saturated carbocycles. The minimum Gasteiger partial charge on any atom is -0.396 e. The molecule has 0 aliphatic heterocycles. The van der Waals surface area contributed by atoms with Crippen LogP contribution in [0, 0.1) is 11.8 Å². The van der Waals surface area contributed by atoms with E-state index in [0.717, 1.165) is 5.57 Å². The van der Waals surface area contributed by atoms with E-state index in [9.17, 15) is 0 Å². The fourth-order valence-corrected chi connectivity index (χ4v) is 1.13. The minimum absolute atomic E-state index is 0.0896. The lowest BCUT2D eigenvalue weighted by atomic mass is 10.0. The van der Waals surface area contributed by atoms with E-state index in [-0.39, 0.29) is 6.61 Å². The Morgan fingerprint density at radius 3 is 3.08 bits per heavy atom. The summed E-state index contributed by atoms with van der Waals surface area (Å²) in [6, 6.07) is 0. The van der Waals surface area contributed by atoms with Gasteiger partial charge in [-0.2, -0.15) is 0 Å². The number of rotatable bonds is 3. The quantitative estimate of drug-likeness (QED) is 0.619. The predicted molar refractivity (Wildman–Crippen MR) is 51.3 cm³/mol. The summed E-state index contributed by atoms with van der Waals surface area (Å²) in [6.45, 7) is 1.67. The van der Waals surface area contributed by atoms with E-state index in [2.05, 4.69) is 16.8 Å². The highest BCUT2D eigenvalue weighted by molar-refractivity contribution is 6.13. The standard InChI is InChI=1S/C10H13NO2/c1-8(13)11-10-5-3-2-4-9(10)6-7-12/h4,8,12-13H,2,6-7H2,1H3. The van der Waals surface area contributed by atoms with Crippen molar-refractivity contribution in [2.75, 3.05) is 6.61 Å². The number of aliphatic hydroxyl groups is 2. The maximum Gasteiger partial charge on any atom is 0.143 e. The second kappa shape index (κ2) is 4.80. The summed E-state index contributed by atoms with van der Waals surface area (Å²) in [6.07, 6.45) is 2.46. The lowest BCUT2D eigenvalue weighted by Gasteiger charge is -2.08. The summed E-state index contributed by atoms with van der Waals surface area (Å²) >= 11 is 0. The van der Waals surface area contributed by atoms with Crippen LogP contribution >= 0.6 is 0 Å². The van der Waals surface area contributed by atoms with Crippen molar-refractivity contribution in [1.29, 1.82) is 0 Å². The monoisotopic (exact) mass is 179 g/mol. The Morgan fingerprint density at radius 2 is 2.46 bits per heavy atom. The third-order valence-electron chi connectivity index (χ3n) is 1.66. The third kappa shape index (κ3) is 3.02. The highest BCUT2D eigenvalue weighted by Gasteiger charge is 2.07. The van der Waals surface area contributed by atoms with Crippen LogP contribution in [0.25, 0.3) is 0 Å². The van der Waals surface area contributed by atoms with Gasteiger partial charge in [0, 0.05) is 13.0 Å². The summed E-state index contributed by atoms with van der Waals surface area (Å²) in [5, 5.41) is 17.8. The van der Waals surface area contributed by atoms with Gasteiger partial charge < -0.3 is 10.2 Å². The van der Waals surface area contributed by atoms with Gasteiger partial charge in [-0.3, -0.25) is 0 Å². The zero-order valence-electron chi connectivity index (χ0n) is 7.62. The molecule has 13 heavy (non-hydrogen) atoms. The van der Waals surface area contributed by atoms with Crippen molar-refractivity contribution in [3.63, 3.8) is 0 Å². The third-order valence-corrected chi connectivity index (χ3v) is 1.66. The second-order valence-corrected chi connectivity index (χ2v) is 2.82. The molecule has 0 aromatic carbocycles. The van der Waals surface area contributed by atoms with Gasteiger partial charge in [0.05, 0.1) is 0 Å². The highest BCUT2D eigenvalue weighted by Crippen LogP contribution is 2.09. The summed E-state index contributed by atoms with van der Waals surface area (Å²) in [5.41, 5.74) is 1.54. The molecule has 1 aliphatic rings. The van der Waals surface area contributed by atoms with Crippen LogP contribution in [0.15, 0.2) is 16.6 Å². The van der Waals surface area contributed by atoms with Gasteiger partial charge in [0.1, 0.15) is 11.9 Å². The molecule has 3 heteroatoms. The molecule has 0 amide bonds. The fourth-order valence-electron chi connectivity index (χ4n) is 1.13. The summed E-state index contributed by atoms with van der Waals surface area (Å²) < 4.78 is 0. The Hall–Kier alpha value is -1.11. The Labute approximate surface area is 77.8 Å². The lowest BCUT2D eigenvalue weighted by molar-refractivity contribution is 0.205. The number of aliphatic imine (C=N–C) groups is 1. The first-order valence-electron chi connectivity index (χ1n) is 4.29. The van der Waals surface area contributed by atoms with Gasteiger partial charge in [0.25, 0.3) is 0 Å². The number of aliphatic hydroxyl groups excluding tert-OH is 2. The number of hydrogen-bond donors (Lipinski definition) is 2. The summed E-state index contributed by atoms with van der Waals surface area (Å²) in [7, 11) is 0. The zero-order chi connectivity index (χ0) is 9.68. The highest BCUT2D eigenvalue weighted by atomic mass is 16.3. The Bertz CT molecular complexity index is 292. The van der Waals surface area contributed by atoms with Crippen molar-refractivity contribution >= 4 is 5.71 Å². The van der Waals surface area contributed by atoms with Gasteiger partial charge in [0.2, 0.25) is 0 Å². The molecule has 0 aromatic rings. The van der Waals surface area contributed by atoms with E-state index >= 15 is 0 Å². The predicted octanol–water partition coefficient (Wildman–Crippen LogP) is 0.482. The largest absolute Gasteiger partial charge is 0.396 e. The van der Waals surface area contributed by atoms with Gasteiger partial charge in [-0.25, -0.2) is 4.99 Å². The maximum absolute atomic E-state index is 9.05. The van der Waals surface area contributed by atoms with E-state index in [0.29, 0.717) is 18.6 Å². The molecule has 1 aliphatic carbocycles. The smallest absolute Gasteiger partial charge is 0.143 e. The second-order valence-electron chi connectivity index (χ2n) is 2.82. The molecule has 3 nitrogen and oxygen atoms in total. The fraction of sp³-hybridized carbons (Fsp3) is 0.500. The molecule has 2 N–H and O–H groups in total. The van der Waals surface area contributed by atoms with Crippen molar-refractivity contribution in [3.05, 3.63) is 11.6 Å². The van der Waals surface area contributed by atoms with Crippen molar-refractivity contribution in [1.82, 2.24) is 0 Å². The van der Waals surface area contributed by atoms with Crippen LogP contribution in [0.4, 0.5) is 0 Å². The molecule has 70 valence electrons. The van der Waals surface area contributed by atoms with Crippen LogP contribution in [0.5, 0.6) is 0 Å². The number of allylic oxidation sites excluding steroid dienone is 1. The first-order chi connectivity index (χ1) is 6.24. The molecule has 0 fully saturated rings. The molecule has 0 aromatic heterocycles. The Balaban J connectivity index is 2.78. The van der Waals surface area contributed by atoms with E-state index in [1.54, 1.807) is 6.92 Å². The first-order valence-corrected chi connectivity index (χ1v) is 4.29. The van der Waals surface area contributed by atoms with Gasteiger partial charge in [0.15, 0.2) is 0 Å². The van der Waals surface area contributed by atoms with Gasteiger partial charge in [-0.15, -0.1) is 0 Å². The Morgan fingerprint density at radius 1 is 1.69 bits per heavy atom. The molecule has 0 radical (unpaired) electrons. The minimum atomic E-state index is -0.732. The van der Waals surface area contributed by atoms with Crippen LogP contribution in [0.3, 0.4) is 0 Å². The molecule has 0 spiro atoms. The Kier molecular flexibility index (Phi) is 3.69. The van der Waals surface area contributed by atoms with Gasteiger partial charge >= 0.3 is 0 Å². The summed E-state index contributed by atoms with van der Waals surface area (Å²) in [5.74, 6) is 5.72. The van der Waals surface area contributed by atoms with Gasteiger partial charge in [-0.05, 0) is 24.8 Å². The summed E-state index contributed by atoms with van der Waals surface area (Å²) in [4.78, 5) is 3.96. The van der Waals surface area contributed by atoms with Crippen molar-refractivity contribution < 1.29 is 10.2 Å². The van der Waals surface area contributed by atoms with Crippen LogP contribution in [-0.4, -0.2) is 28.8 Å².